The maximum absolute atomic E-state index is 12.6. The van der Waals surface area contributed by atoms with Crippen molar-refractivity contribution in [2.45, 2.75) is 37.8 Å². The molecule has 0 radical (unpaired) electrons. The fourth-order valence-corrected chi connectivity index (χ4v) is 3.38. The van der Waals surface area contributed by atoms with E-state index in [2.05, 4.69) is 25.8 Å². The maximum Gasteiger partial charge on any atom is 0.322 e. The lowest BCUT2D eigenvalue weighted by Crippen LogP contribution is -2.34. The highest BCUT2D eigenvalue weighted by Gasteiger charge is 2.35. The van der Waals surface area contributed by atoms with Crippen LogP contribution in [0, 0.1) is 0 Å². The van der Waals surface area contributed by atoms with Crippen molar-refractivity contribution in [2.24, 2.45) is 0 Å². The molecule has 2 saturated heterocycles. The zero-order valence-electron chi connectivity index (χ0n) is 14.4. The number of likely N-dealkylation sites (tertiary alicyclic amines) is 1. The lowest BCUT2D eigenvalue weighted by atomic mass is 10.1. The van der Waals surface area contributed by atoms with Crippen LogP contribution < -0.4 is 10.6 Å². The Morgan fingerprint density at radius 1 is 1.30 bits per heavy atom. The van der Waals surface area contributed by atoms with E-state index >= 15 is 0 Å². The normalized spacial score (nSPS) is 22.0. The summed E-state index contributed by atoms with van der Waals surface area (Å²) in [4.78, 5) is 45.5. The average molecular weight is 370 g/mol. The van der Waals surface area contributed by atoms with Crippen LogP contribution in [-0.4, -0.2) is 50.5 Å². The fraction of sp³-hybridized carbons (Fsp3) is 0.412. The number of carbonyl (C=O) groups excluding carboxylic acids is 3. The molecule has 10 heteroatoms. The van der Waals surface area contributed by atoms with Gasteiger partial charge in [-0.1, -0.05) is 5.16 Å². The molecule has 2 N–H and O–H groups in total. The average Bonchev–Trinajstić information content (AvgIpc) is 3.40. The van der Waals surface area contributed by atoms with Gasteiger partial charge in [0.25, 0.3) is 5.91 Å². The number of hydrogen-bond donors (Lipinski definition) is 2. The van der Waals surface area contributed by atoms with Gasteiger partial charge in [-0.3, -0.25) is 19.9 Å². The van der Waals surface area contributed by atoms with Crippen LogP contribution in [-0.2, 0) is 9.59 Å². The van der Waals surface area contributed by atoms with Crippen LogP contribution in [0.15, 0.2) is 29.0 Å². The summed E-state index contributed by atoms with van der Waals surface area (Å²) in [5.74, 6) is 0.358. The number of nitrogens with zero attached hydrogens (tertiary/aromatic N) is 4. The van der Waals surface area contributed by atoms with Crippen LogP contribution in [0.4, 0.5) is 4.79 Å². The molecule has 2 aromatic rings. The fourth-order valence-electron chi connectivity index (χ4n) is 3.38. The molecule has 0 aromatic carbocycles. The lowest BCUT2D eigenvalue weighted by Gasteiger charge is -2.22. The molecule has 2 atom stereocenters. The molecule has 0 aliphatic carbocycles. The summed E-state index contributed by atoms with van der Waals surface area (Å²) in [6, 6.07) is 2.11. The van der Waals surface area contributed by atoms with E-state index in [1.54, 1.807) is 29.4 Å². The minimum atomic E-state index is -0.663. The van der Waals surface area contributed by atoms with Gasteiger partial charge in [-0.15, -0.1) is 0 Å². The van der Waals surface area contributed by atoms with E-state index in [0.717, 1.165) is 18.4 Å². The Labute approximate surface area is 154 Å². The van der Waals surface area contributed by atoms with E-state index in [1.165, 1.54) is 0 Å². The number of hydrogen-bond acceptors (Lipinski definition) is 7. The molecule has 2 aromatic heterocycles. The van der Waals surface area contributed by atoms with E-state index in [-0.39, 0.29) is 24.8 Å². The first-order valence-corrected chi connectivity index (χ1v) is 8.76. The zero-order chi connectivity index (χ0) is 18.8. The molecule has 4 rings (SSSR count). The van der Waals surface area contributed by atoms with Crippen LogP contribution in [0.25, 0.3) is 11.4 Å². The highest BCUT2D eigenvalue weighted by atomic mass is 16.5. The van der Waals surface area contributed by atoms with Crippen LogP contribution >= 0.6 is 0 Å². The second-order valence-corrected chi connectivity index (χ2v) is 6.49. The van der Waals surface area contributed by atoms with Crippen LogP contribution in [0.5, 0.6) is 0 Å². The Balaban J connectivity index is 1.41. The van der Waals surface area contributed by atoms with Gasteiger partial charge in [0.15, 0.2) is 0 Å². The first-order chi connectivity index (χ1) is 13.1. The molecule has 0 spiro atoms. The molecule has 0 saturated carbocycles. The third-order valence-corrected chi connectivity index (χ3v) is 4.74. The Hall–Kier alpha value is -3.30. The maximum atomic E-state index is 12.6. The van der Waals surface area contributed by atoms with Gasteiger partial charge < -0.3 is 14.7 Å². The number of rotatable bonds is 5. The largest absolute Gasteiger partial charge is 0.337 e. The molecule has 2 aliphatic rings. The van der Waals surface area contributed by atoms with Crippen LogP contribution in [0.1, 0.15) is 37.6 Å². The van der Waals surface area contributed by atoms with Gasteiger partial charge in [0.2, 0.25) is 17.6 Å². The van der Waals surface area contributed by atoms with E-state index in [9.17, 15) is 14.4 Å². The first-order valence-electron chi connectivity index (χ1n) is 8.76. The molecule has 2 aliphatic heterocycles. The Morgan fingerprint density at radius 3 is 2.85 bits per heavy atom. The SMILES string of the molecule is O=C1NC(=O)[C@H](CCC(=O)N2CCC[C@H]2c2nc(-c3ccncc3)no2)N1. The van der Waals surface area contributed by atoms with Gasteiger partial charge in [0.1, 0.15) is 12.1 Å². The third kappa shape index (κ3) is 3.50. The van der Waals surface area contributed by atoms with Gasteiger partial charge in [-0.05, 0) is 31.4 Å². The Kier molecular flexibility index (Phi) is 4.53. The van der Waals surface area contributed by atoms with E-state index < -0.39 is 18.0 Å². The first kappa shape index (κ1) is 17.1. The molecule has 0 bridgehead atoms. The second kappa shape index (κ2) is 7.14. The van der Waals surface area contributed by atoms with Crippen LogP contribution in [0.2, 0.25) is 0 Å². The summed E-state index contributed by atoms with van der Waals surface area (Å²) in [6.45, 7) is 0.597. The van der Waals surface area contributed by atoms with E-state index in [0.29, 0.717) is 18.3 Å². The monoisotopic (exact) mass is 370 g/mol. The van der Waals surface area contributed by atoms with Crippen molar-refractivity contribution in [3.8, 4) is 11.4 Å². The summed E-state index contributed by atoms with van der Waals surface area (Å²) in [7, 11) is 0. The number of nitrogens with one attached hydrogen (secondary N) is 2. The number of carbonyl (C=O) groups is 3. The molecule has 10 nitrogen and oxygen atoms in total. The zero-order valence-corrected chi connectivity index (χ0v) is 14.4. The summed E-state index contributed by atoms with van der Waals surface area (Å²) in [5, 5.41) is 8.66. The molecule has 0 unspecified atom stereocenters. The van der Waals surface area contributed by atoms with Gasteiger partial charge in [0.05, 0.1) is 0 Å². The minimum absolute atomic E-state index is 0.102. The predicted molar refractivity (Wildman–Crippen MR) is 90.9 cm³/mol. The molecule has 4 heterocycles. The minimum Gasteiger partial charge on any atom is -0.337 e. The summed E-state index contributed by atoms with van der Waals surface area (Å²) in [5.41, 5.74) is 0.791. The topological polar surface area (TPSA) is 130 Å². The van der Waals surface area contributed by atoms with Crippen LogP contribution in [0.3, 0.4) is 0 Å². The highest BCUT2D eigenvalue weighted by Crippen LogP contribution is 2.32. The lowest BCUT2D eigenvalue weighted by molar-refractivity contribution is -0.132. The molecular formula is C17H18N6O4. The molecule has 27 heavy (non-hydrogen) atoms. The quantitative estimate of drug-likeness (QED) is 0.744. The van der Waals surface area contributed by atoms with Crippen molar-refractivity contribution in [3.05, 3.63) is 30.4 Å². The highest BCUT2D eigenvalue weighted by molar-refractivity contribution is 6.04. The molecule has 2 fully saturated rings. The van der Waals surface area contributed by atoms with Crippen molar-refractivity contribution < 1.29 is 18.9 Å². The molecule has 4 amide bonds. The Bertz CT molecular complexity index is 867. The Morgan fingerprint density at radius 2 is 2.11 bits per heavy atom. The van der Waals surface area contributed by atoms with Gasteiger partial charge >= 0.3 is 6.03 Å². The van der Waals surface area contributed by atoms with Gasteiger partial charge in [0, 0.05) is 30.9 Å². The summed E-state index contributed by atoms with van der Waals surface area (Å²) >= 11 is 0. The smallest absolute Gasteiger partial charge is 0.322 e. The van der Waals surface area contributed by atoms with Crippen molar-refractivity contribution in [1.29, 1.82) is 0 Å². The van der Waals surface area contributed by atoms with Gasteiger partial charge in [-0.2, -0.15) is 4.98 Å². The standard InChI is InChI=1S/C17H18N6O4/c24-13(4-3-11-15(25)21-17(26)19-11)23-9-1-2-12(23)16-20-14(22-27-16)10-5-7-18-8-6-10/h5-8,11-12H,1-4,9H2,(H2,19,21,25,26)/t11-,12-/m0/s1. The molecular weight excluding hydrogens is 352 g/mol. The number of aromatic nitrogens is 3. The van der Waals surface area contributed by atoms with Crippen molar-refractivity contribution >= 4 is 17.8 Å². The van der Waals surface area contributed by atoms with Crippen molar-refractivity contribution in [1.82, 2.24) is 30.7 Å². The predicted octanol–water partition coefficient (Wildman–Crippen LogP) is 0.783. The number of urea groups is 1. The summed E-state index contributed by atoms with van der Waals surface area (Å²) in [6.07, 6.45) is 5.28. The second-order valence-electron chi connectivity index (χ2n) is 6.49. The third-order valence-electron chi connectivity index (χ3n) is 4.74. The van der Waals surface area contributed by atoms with Gasteiger partial charge in [-0.25, -0.2) is 4.79 Å². The van der Waals surface area contributed by atoms with E-state index in [4.69, 9.17) is 4.52 Å². The molecule has 140 valence electrons. The summed E-state index contributed by atoms with van der Waals surface area (Å²) < 4.78 is 5.40. The number of imide groups is 1. The van der Waals surface area contributed by atoms with Crippen molar-refractivity contribution in [3.63, 3.8) is 0 Å². The number of pyridine rings is 1. The van der Waals surface area contributed by atoms with Crippen molar-refractivity contribution in [2.75, 3.05) is 6.54 Å². The van der Waals surface area contributed by atoms with E-state index in [1.807, 2.05) is 0 Å². The number of amides is 4.